The van der Waals surface area contributed by atoms with E-state index < -0.39 is 0 Å². The molecule has 0 amide bonds. The average Bonchev–Trinajstić information content (AvgIpc) is 3.03. The summed E-state index contributed by atoms with van der Waals surface area (Å²) >= 11 is 7.45. The summed E-state index contributed by atoms with van der Waals surface area (Å²) in [5.74, 6) is 0. The van der Waals surface area contributed by atoms with Gasteiger partial charge in [0.25, 0.3) is 0 Å². The van der Waals surface area contributed by atoms with Crippen LogP contribution >= 0.6 is 23.3 Å². The molecule has 0 saturated heterocycles. The van der Waals surface area contributed by atoms with Gasteiger partial charge in [-0.3, -0.25) is 4.68 Å². The number of hydrogen-bond acceptors (Lipinski definition) is 5. The van der Waals surface area contributed by atoms with Crippen LogP contribution < -0.4 is 5.32 Å². The number of fused-ring (bicyclic) bond motifs is 1. The molecule has 0 spiro atoms. The normalized spacial score (nSPS) is 11.2. The van der Waals surface area contributed by atoms with Crippen LogP contribution in [0.5, 0.6) is 0 Å². The van der Waals surface area contributed by atoms with Gasteiger partial charge in [0.15, 0.2) is 0 Å². The van der Waals surface area contributed by atoms with Crippen LogP contribution in [0.25, 0.3) is 11.0 Å². The molecule has 3 rings (SSSR count). The highest BCUT2D eigenvalue weighted by Gasteiger charge is 2.11. The van der Waals surface area contributed by atoms with Crippen molar-refractivity contribution >= 4 is 40.0 Å². The van der Waals surface area contributed by atoms with Gasteiger partial charge in [-0.05, 0) is 32.0 Å². The Morgan fingerprint density at radius 3 is 3.00 bits per heavy atom. The van der Waals surface area contributed by atoms with Crippen molar-refractivity contribution in [1.82, 2.24) is 18.5 Å². The van der Waals surface area contributed by atoms with E-state index in [0.717, 1.165) is 34.7 Å². The molecule has 0 saturated carbocycles. The Balaban J connectivity index is 1.90. The third-order valence-electron chi connectivity index (χ3n) is 3.11. The third kappa shape index (κ3) is 2.36. The van der Waals surface area contributed by atoms with Crippen LogP contribution in [0.3, 0.4) is 0 Å². The van der Waals surface area contributed by atoms with Crippen LogP contribution in [0.15, 0.2) is 18.2 Å². The van der Waals surface area contributed by atoms with Crippen LogP contribution in [0, 0.1) is 6.92 Å². The largest absolute Gasteiger partial charge is 0.376 e. The second kappa shape index (κ2) is 5.38. The number of rotatable bonds is 4. The fourth-order valence-electron chi connectivity index (χ4n) is 2.19. The number of nitrogens with one attached hydrogen (secondary N) is 1. The SMILES string of the molecule is CCn1nc(C)cc1CNc1c(Cl)ccc2nsnc12. The highest BCUT2D eigenvalue weighted by atomic mass is 35.5. The molecule has 1 N–H and O–H groups in total. The minimum Gasteiger partial charge on any atom is -0.376 e. The van der Waals surface area contributed by atoms with E-state index in [0.29, 0.717) is 11.6 Å². The van der Waals surface area contributed by atoms with Gasteiger partial charge in [-0.15, -0.1) is 0 Å². The van der Waals surface area contributed by atoms with Crippen molar-refractivity contribution < 1.29 is 0 Å². The number of aromatic nitrogens is 4. The average molecular weight is 308 g/mol. The van der Waals surface area contributed by atoms with E-state index in [1.165, 1.54) is 11.7 Å². The summed E-state index contributed by atoms with van der Waals surface area (Å²) in [5, 5.41) is 8.45. The fraction of sp³-hybridized carbons (Fsp3) is 0.308. The summed E-state index contributed by atoms with van der Waals surface area (Å²) in [6.07, 6.45) is 0. The predicted octanol–water partition coefficient (Wildman–Crippen LogP) is 3.48. The van der Waals surface area contributed by atoms with Gasteiger partial charge in [-0.25, -0.2) is 0 Å². The Labute approximate surface area is 125 Å². The first-order valence-electron chi connectivity index (χ1n) is 6.37. The first-order chi connectivity index (χ1) is 9.69. The molecule has 2 aromatic heterocycles. The van der Waals surface area contributed by atoms with Gasteiger partial charge in [-0.1, -0.05) is 11.6 Å². The zero-order valence-electron chi connectivity index (χ0n) is 11.2. The molecule has 3 aromatic rings. The maximum absolute atomic E-state index is 6.26. The van der Waals surface area contributed by atoms with Gasteiger partial charge in [0, 0.05) is 6.54 Å². The molecular weight excluding hydrogens is 294 g/mol. The molecule has 1 aromatic carbocycles. The zero-order valence-corrected chi connectivity index (χ0v) is 12.8. The third-order valence-corrected chi connectivity index (χ3v) is 3.97. The van der Waals surface area contributed by atoms with Crippen molar-refractivity contribution in [3.8, 4) is 0 Å². The maximum Gasteiger partial charge on any atom is 0.129 e. The monoisotopic (exact) mass is 307 g/mol. The van der Waals surface area contributed by atoms with E-state index in [1.807, 2.05) is 23.7 Å². The number of nitrogens with zero attached hydrogens (tertiary/aromatic N) is 4. The molecule has 0 aliphatic heterocycles. The quantitative estimate of drug-likeness (QED) is 0.801. The Kier molecular flexibility index (Phi) is 3.58. The van der Waals surface area contributed by atoms with Crippen molar-refractivity contribution in [1.29, 1.82) is 0 Å². The van der Waals surface area contributed by atoms with E-state index >= 15 is 0 Å². The Morgan fingerprint density at radius 1 is 1.35 bits per heavy atom. The number of anilines is 1. The van der Waals surface area contributed by atoms with Gasteiger partial charge >= 0.3 is 0 Å². The van der Waals surface area contributed by atoms with E-state index in [9.17, 15) is 0 Å². The molecular formula is C13H14ClN5S. The van der Waals surface area contributed by atoms with E-state index in [1.54, 1.807) is 0 Å². The number of halogens is 1. The number of hydrogen-bond donors (Lipinski definition) is 1. The van der Waals surface area contributed by atoms with Crippen LogP contribution in [0.1, 0.15) is 18.3 Å². The van der Waals surface area contributed by atoms with Crippen molar-refractivity contribution in [2.75, 3.05) is 5.32 Å². The van der Waals surface area contributed by atoms with Gasteiger partial charge in [0.2, 0.25) is 0 Å². The van der Waals surface area contributed by atoms with Gasteiger partial charge in [-0.2, -0.15) is 13.8 Å². The highest BCUT2D eigenvalue weighted by Crippen LogP contribution is 2.30. The lowest BCUT2D eigenvalue weighted by Crippen LogP contribution is -2.08. The van der Waals surface area contributed by atoms with Crippen LogP contribution in [0.2, 0.25) is 5.02 Å². The molecule has 0 atom stereocenters. The summed E-state index contributed by atoms with van der Waals surface area (Å²) in [7, 11) is 0. The molecule has 2 heterocycles. The molecule has 5 nitrogen and oxygen atoms in total. The molecule has 0 unspecified atom stereocenters. The van der Waals surface area contributed by atoms with Gasteiger partial charge in [0.1, 0.15) is 11.0 Å². The van der Waals surface area contributed by atoms with Gasteiger partial charge in [0.05, 0.1) is 40.4 Å². The van der Waals surface area contributed by atoms with Crippen LogP contribution in [-0.2, 0) is 13.1 Å². The van der Waals surface area contributed by atoms with Crippen LogP contribution in [-0.4, -0.2) is 18.5 Å². The first kappa shape index (κ1) is 13.3. The van der Waals surface area contributed by atoms with Crippen molar-refractivity contribution in [2.24, 2.45) is 0 Å². The summed E-state index contributed by atoms with van der Waals surface area (Å²) < 4.78 is 10.5. The summed E-state index contributed by atoms with van der Waals surface area (Å²) in [5.41, 5.74) is 4.66. The maximum atomic E-state index is 6.26. The lowest BCUT2D eigenvalue weighted by molar-refractivity contribution is 0.623. The number of aryl methyl sites for hydroxylation is 2. The topological polar surface area (TPSA) is 55.6 Å². The molecule has 0 aliphatic carbocycles. The van der Waals surface area contributed by atoms with Crippen LogP contribution in [0.4, 0.5) is 5.69 Å². The van der Waals surface area contributed by atoms with Crippen molar-refractivity contribution in [3.05, 3.63) is 34.6 Å². The Morgan fingerprint density at radius 2 is 2.20 bits per heavy atom. The molecule has 104 valence electrons. The molecule has 0 fully saturated rings. The first-order valence-corrected chi connectivity index (χ1v) is 7.48. The second-order valence-electron chi connectivity index (χ2n) is 4.50. The molecule has 20 heavy (non-hydrogen) atoms. The van der Waals surface area contributed by atoms with E-state index in [4.69, 9.17) is 11.6 Å². The lowest BCUT2D eigenvalue weighted by Gasteiger charge is -2.09. The minimum atomic E-state index is 0.657. The predicted molar refractivity (Wildman–Crippen MR) is 82.4 cm³/mol. The summed E-state index contributed by atoms with van der Waals surface area (Å²) in [6, 6.07) is 5.80. The summed E-state index contributed by atoms with van der Waals surface area (Å²) in [4.78, 5) is 0. The Hall–Kier alpha value is -1.66. The standard InChI is InChI=1S/C13H14ClN5S/c1-3-19-9(6-8(2)16-19)7-15-12-10(14)4-5-11-13(12)18-20-17-11/h4-6,15H,3,7H2,1-2H3. The zero-order chi connectivity index (χ0) is 14.1. The minimum absolute atomic E-state index is 0.657. The number of benzene rings is 1. The van der Waals surface area contributed by atoms with Gasteiger partial charge < -0.3 is 5.32 Å². The Bertz CT molecular complexity index is 748. The molecule has 0 aliphatic rings. The van der Waals surface area contributed by atoms with E-state index in [2.05, 4.69) is 32.2 Å². The van der Waals surface area contributed by atoms with Crippen molar-refractivity contribution in [2.45, 2.75) is 26.9 Å². The lowest BCUT2D eigenvalue weighted by atomic mass is 10.2. The fourth-order valence-corrected chi connectivity index (χ4v) is 2.95. The molecule has 7 heteroatoms. The smallest absolute Gasteiger partial charge is 0.129 e. The van der Waals surface area contributed by atoms with Crippen molar-refractivity contribution in [3.63, 3.8) is 0 Å². The second-order valence-corrected chi connectivity index (χ2v) is 5.44. The van der Waals surface area contributed by atoms with E-state index in [-0.39, 0.29) is 0 Å². The molecule has 0 radical (unpaired) electrons. The summed E-state index contributed by atoms with van der Waals surface area (Å²) in [6.45, 7) is 5.58. The highest BCUT2D eigenvalue weighted by molar-refractivity contribution is 7.00. The molecule has 0 bridgehead atoms.